The molecule has 30 heavy (non-hydrogen) atoms. The molecule has 1 aliphatic heterocycles. The largest absolute Gasteiger partial charge is 0.445 e. The molecule has 3 rings (SSSR count). The van der Waals surface area contributed by atoms with Crippen molar-refractivity contribution in [2.75, 3.05) is 42.9 Å². The van der Waals surface area contributed by atoms with Crippen LogP contribution in [0.4, 0.5) is 16.2 Å². The molecule has 2 amide bonds. The zero-order valence-electron chi connectivity index (χ0n) is 17.6. The number of hydrogen-bond donors (Lipinski definition) is 2. The smallest absolute Gasteiger partial charge is 0.408 e. The van der Waals surface area contributed by atoms with Gasteiger partial charge in [0.05, 0.1) is 0 Å². The van der Waals surface area contributed by atoms with E-state index in [1.165, 1.54) is 0 Å². The highest BCUT2D eigenvalue weighted by Crippen LogP contribution is 2.19. The fourth-order valence-corrected chi connectivity index (χ4v) is 3.34. The van der Waals surface area contributed by atoms with E-state index in [-0.39, 0.29) is 12.5 Å². The highest BCUT2D eigenvalue weighted by Gasteiger charge is 2.18. The molecule has 160 valence electrons. The van der Waals surface area contributed by atoms with E-state index in [1.54, 1.807) is 6.92 Å². The van der Waals surface area contributed by atoms with Crippen molar-refractivity contribution in [3.8, 4) is 0 Å². The fraction of sp³-hybridized carbons (Fsp3) is 0.391. The van der Waals surface area contributed by atoms with Crippen LogP contribution < -0.4 is 15.5 Å². The van der Waals surface area contributed by atoms with Gasteiger partial charge in [-0.3, -0.25) is 4.79 Å². The number of nitrogens with one attached hydrogen (secondary N) is 2. The second-order valence-corrected chi connectivity index (χ2v) is 7.39. The molecule has 7 nitrogen and oxygen atoms in total. The van der Waals surface area contributed by atoms with Crippen LogP contribution in [0.3, 0.4) is 0 Å². The van der Waals surface area contributed by atoms with Crippen molar-refractivity contribution in [1.82, 2.24) is 10.2 Å². The van der Waals surface area contributed by atoms with Gasteiger partial charge < -0.3 is 25.2 Å². The normalized spacial score (nSPS) is 15.3. The molecule has 2 aromatic carbocycles. The van der Waals surface area contributed by atoms with Crippen molar-refractivity contribution in [1.29, 1.82) is 0 Å². The molecular weight excluding hydrogens is 380 g/mol. The first-order valence-electron chi connectivity index (χ1n) is 10.4. The lowest BCUT2D eigenvalue weighted by Gasteiger charge is -2.35. The first-order chi connectivity index (χ1) is 14.5. The third kappa shape index (κ3) is 6.22. The van der Waals surface area contributed by atoms with Gasteiger partial charge in [0.25, 0.3) is 0 Å². The van der Waals surface area contributed by atoms with Gasteiger partial charge in [0.2, 0.25) is 5.91 Å². The van der Waals surface area contributed by atoms with E-state index in [1.807, 2.05) is 54.6 Å². The van der Waals surface area contributed by atoms with Gasteiger partial charge in [-0.1, -0.05) is 37.3 Å². The Morgan fingerprint density at radius 3 is 2.30 bits per heavy atom. The molecular formula is C23H30N4O3. The zero-order chi connectivity index (χ0) is 21.3. The van der Waals surface area contributed by atoms with Crippen LogP contribution in [0.25, 0.3) is 0 Å². The van der Waals surface area contributed by atoms with Gasteiger partial charge in [-0.2, -0.15) is 0 Å². The third-order valence-electron chi connectivity index (χ3n) is 5.26. The van der Waals surface area contributed by atoms with Crippen LogP contribution in [0, 0.1) is 0 Å². The molecule has 0 aromatic heterocycles. The number of likely N-dealkylation sites (N-methyl/N-ethyl adjacent to an activating group) is 1. The van der Waals surface area contributed by atoms with Crippen molar-refractivity contribution in [2.24, 2.45) is 0 Å². The molecule has 1 heterocycles. The van der Waals surface area contributed by atoms with Crippen LogP contribution in [-0.2, 0) is 16.1 Å². The number of hydrogen-bond acceptors (Lipinski definition) is 5. The Balaban J connectivity index is 1.44. The van der Waals surface area contributed by atoms with E-state index < -0.39 is 12.1 Å². The maximum atomic E-state index is 12.4. The van der Waals surface area contributed by atoms with Gasteiger partial charge in [-0.15, -0.1) is 0 Å². The van der Waals surface area contributed by atoms with Crippen molar-refractivity contribution in [2.45, 2.75) is 26.5 Å². The fourth-order valence-electron chi connectivity index (χ4n) is 3.34. The molecule has 0 radical (unpaired) electrons. The first kappa shape index (κ1) is 21.6. The average Bonchev–Trinajstić information content (AvgIpc) is 2.79. The number of anilines is 2. The van der Waals surface area contributed by atoms with Crippen LogP contribution in [0.1, 0.15) is 19.4 Å². The SMILES string of the molecule is CCN1CCN(c2ccc(NC(=O)[C@@H](C)NC(=O)OCc3ccccc3)cc2)CC1. The number of nitrogens with zero attached hydrogens (tertiary/aromatic N) is 2. The van der Waals surface area contributed by atoms with Gasteiger partial charge in [-0.25, -0.2) is 4.79 Å². The summed E-state index contributed by atoms with van der Waals surface area (Å²) in [7, 11) is 0. The van der Waals surface area contributed by atoms with Crippen molar-refractivity contribution in [3.63, 3.8) is 0 Å². The monoisotopic (exact) mass is 410 g/mol. The number of amides is 2. The number of alkyl carbamates (subject to hydrolysis) is 1. The summed E-state index contributed by atoms with van der Waals surface area (Å²) in [6, 6.07) is 16.5. The van der Waals surface area contributed by atoms with Crippen LogP contribution in [0.5, 0.6) is 0 Å². The highest BCUT2D eigenvalue weighted by molar-refractivity contribution is 5.96. The zero-order valence-corrected chi connectivity index (χ0v) is 17.6. The Morgan fingerprint density at radius 2 is 1.67 bits per heavy atom. The molecule has 1 aliphatic rings. The quantitative estimate of drug-likeness (QED) is 0.734. The molecule has 2 aromatic rings. The van der Waals surface area contributed by atoms with Crippen LogP contribution in [0.2, 0.25) is 0 Å². The highest BCUT2D eigenvalue weighted by atomic mass is 16.5. The summed E-state index contributed by atoms with van der Waals surface area (Å²) < 4.78 is 5.16. The standard InChI is InChI=1S/C23H30N4O3/c1-3-26-13-15-27(16-14-26)21-11-9-20(10-12-21)25-22(28)18(2)24-23(29)30-17-19-7-5-4-6-8-19/h4-12,18H,3,13-17H2,1-2H3,(H,24,29)(H,25,28)/t18-/m1/s1. The molecule has 0 spiro atoms. The van der Waals surface area contributed by atoms with Gasteiger partial charge in [-0.05, 0) is 43.3 Å². The minimum atomic E-state index is -0.713. The van der Waals surface area contributed by atoms with Crippen LogP contribution in [-0.4, -0.2) is 55.7 Å². The van der Waals surface area contributed by atoms with E-state index in [0.717, 1.165) is 44.0 Å². The minimum Gasteiger partial charge on any atom is -0.445 e. The summed E-state index contributed by atoms with van der Waals surface area (Å²) in [6.45, 7) is 9.21. The number of piperazine rings is 1. The third-order valence-corrected chi connectivity index (χ3v) is 5.26. The number of benzene rings is 2. The molecule has 0 aliphatic carbocycles. The van der Waals surface area contributed by atoms with Gasteiger partial charge in [0, 0.05) is 37.6 Å². The van der Waals surface area contributed by atoms with E-state index >= 15 is 0 Å². The summed E-state index contributed by atoms with van der Waals surface area (Å²) in [5.74, 6) is -0.295. The molecule has 7 heteroatoms. The predicted molar refractivity (Wildman–Crippen MR) is 119 cm³/mol. The number of carbonyl (C=O) groups is 2. The van der Waals surface area contributed by atoms with E-state index in [0.29, 0.717) is 5.69 Å². The molecule has 1 atom stereocenters. The Morgan fingerprint density at radius 1 is 1.00 bits per heavy atom. The van der Waals surface area contributed by atoms with Crippen LogP contribution in [0.15, 0.2) is 54.6 Å². The average molecular weight is 411 g/mol. The Hall–Kier alpha value is -3.06. The first-order valence-corrected chi connectivity index (χ1v) is 10.4. The predicted octanol–water partition coefficient (Wildman–Crippen LogP) is 3.08. The topological polar surface area (TPSA) is 73.9 Å². The molecule has 1 saturated heterocycles. The second-order valence-electron chi connectivity index (χ2n) is 7.39. The lowest BCUT2D eigenvalue weighted by atomic mass is 10.2. The lowest BCUT2D eigenvalue weighted by molar-refractivity contribution is -0.117. The molecule has 2 N–H and O–H groups in total. The van der Waals surface area contributed by atoms with Gasteiger partial charge in [0.1, 0.15) is 12.6 Å². The Bertz CT molecular complexity index is 818. The summed E-state index contributed by atoms with van der Waals surface area (Å²) in [5, 5.41) is 5.39. The molecule has 0 unspecified atom stereocenters. The molecule has 1 fully saturated rings. The summed E-state index contributed by atoms with van der Waals surface area (Å²) in [4.78, 5) is 29.1. The second kappa shape index (κ2) is 10.6. The molecule has 0 bridgehead atoms. The summed E-state index contributed by atoms with van der Waals surface area (Å²) >= 11 is 0. The summed E-state index contributed by atoms with van der Waals surface area (Å²) in [6.07, 6.45) is -0.622. The number of rotatable bonds is 7. The van der Waals surface area contributed by atoms with Gasteiger partial charge >= 0.3 is 6.09 Å². The van der Waals surface area contributed by atoms with Crippen molar-refractivity contribution >= 4 is 23.4 Å². The minimum absolute atomic E-state index is 0.162. The van der Waals surface area contributed by atoms with Gasteiger partial charge in [0.15, 0.2) is 0 Å². The number of ether oxygens (including phenoxy) is 1. The van der Waals surface area contributed by atoms with Crippen molar-refractivity contribution in [3.05, 3.63) is 60.2 Å². The van der Waals surface area contributed by atoms with Crippen molar-refractivity contribution < 1.29 is 14.3 Å². The Labute approximate surface area is 178 Å². The Kier molecular flexibility index (Phi) is 7.68. The number of carbonyl (C=O) groups excluding carboxylic acids is 2. The van der Waals surface area contributed by atoms with Crippen LogP contribution >= 0.6 is 0 Å². The molecule has 0 saturated carbocycles. The van der Waals surface area contributed by atoms with E-state index in [2.05, 4.69) is 27.4 Å². The maximum Gasteiger partial charge on any atom is 0.408 e. The summed E-state index contributed by atoms with van der Waals surface area (Å²) in [5.41, 5.74) is 2.74. The van der Waals surface area contributed by atoms with E-state index in [4.69, 9.17) is 4.74 Å². The van der Waals surface area contributed by atoms with E-state index in [9.17, 15) is 9.59 Å². The maximum absolute atomic E-state index is 12.4. The lowest BCUT2D eigenvalue weighted by Crippen LogP contribution is -2.46.